The molecule has 4 aromatic rings. The molecule has 1 heterocycles. The predicted molar refractivity (Wildman–Crippen MR) is 131 cm³/mol. The van der Waals surface area contributed by atoms with Gasteiger partial charge in [-0.05, 0) is 29.8 Å². The Morgan fingerprint density at radius 3 is 2.44 bits per heavy atom. The summed E-state index contributed by atoms with van der Waals surface area (Å²) in [5.41, 5.74) is 0.0322. The maximum atomic E-state index is 13.1. The molecule has 3 aromatic carbocycles. The molecule has 0 aliphatic rings. The number of benzene rings is 3. The van der Waals surface area contributed by atoms with Gasteiger partial charge in [-0.15, -0.1) is 0 Å². The topological polar surface area (TPSA) is 134 Å². The second-order valence-electron chi connectivity index (χ2n) is 7.89. The van der Waals surface area contributed by atoms with Crippen LogP contribution in [0.4, 0.5) is 0 Å². The van der Waals surface area contributed by atoms with Crippen molar-refractivity contribution in [3.8, 4) is 11.5 Å². The molecule has 0 aliphatic carbocycles. The highest BCUT2D eigenvalue weighted by molar-refractivity contribution is 7.89. The lowest BCUT2D eigenvalue weighted by Crippen LogP contribution is -2.26. The number of halogens is 1. The van der Waals surface area contributed by atoms with Gasteiger partial charge in [0.15, 0.2) is 11.5 Å². The minimum absolute atomic E-state index is 0.0172. The first kappa shape index (κ1) is 25.2. The number of rotatable bonds is 7. The summed E-state index contributed by atoms with van der Waals surface area (Å²) in [6, 6.07) is 16.0. The average Bonchev–Trinajstić information content (AvgIpc) is 2.84. The summed E-state index contributed by atoms with van der Waals surface area (Å²) >= 11 is 6.16. The van der Waals surface area contributed by atoms with Gasteiger partial charge in [-0.1, -0.05) is 41.9 Å². The fourth-order valence-electron chi connectivity index (χ4n) is 3.52. The number of carbonyl (C=O) groups is 1. The number of phenols is 2. The molecule has 0 radical (unpaired) electrons. The number of hydrogen-bond donors (Lipinski definition) is 2. The number of sulfonamides is 1. The first-order valence-corrected chi connectivity index (χ1v) is 12.3. The highest BCUT2D eigenvalue weighted by Gasteiger charge is 2.24. The van der Waals surface area contributed by atoms with Crippen LogP contribution in [0.2, 0.25) is 5.02 Å². The molecule has 0 amide bonds. The summed E-state index contributed by atoms with van der Waals surface area (Å²) < 4.78 is 37.6. The highest BCUT2D eigenvalue weighted by atomic mass is 35.5. The molecule has 9 nitrogen and oxygen atoms in total. The van der Waals surface area contributed by atoms with E-state index in [0.717, 1.165) is 28.1 Å². The smallest absolute Gasteiger partial charge is 0.340 e. The van der Waals surface area contributed by atoms with E-state index in [1.165, 1.54) is 25.2 Å². The fraction of sp³-hybridized carbons (Fsp3) is 0.120. The van der Waals surface area contributed by atoms with Crippen molar-refractivity contribution < 1.29 is 32.6 Å². The van der Waals surface area contributed by atoms with Crippen molar-refractivity contribution in [2.24, 2.45) is 0 Å². The molecular formula is C25H20ClNO8S. The zero-order valence-electron chi connectivity index (χ0n) is 18.8. The molecule has 0 spiro atoms. The summed E-state index contributed by atoms with van der Waals surface area (Å²) in [6.45, 7) is -0.288. The molecule has 0 saturated heterocycles. The first-order chi connectivity index (χ1) is 17.1. The molecule has 0 bridgehead atoms. The van der Waals surface area contributed by atoms with Crippen LogP contribution in [-0.4, -0.2) is 36.0 Å². The summed E-state index contributed by atoms with van der Waals surface area (Å²) in [4.78, 5) is 24.5. The molecule has 0 fully saturated rings. The lowest BCUT2D eigenvalue weighted by Gasteiger charge is -2.18. The molecule has 0 aliphatic heterocycles. The van der Waals surface area contributed by atoms with Crippen LogP contribution in [-0.2, 0) is 27.9 Å². The van der Waals surface area contributed by atoms with Gasteiger partial charge < -0.3 is 19.4 Å². The van der Waals surface area contributed by atoms with Gasteiger partial charge in [-0.3, -0.25) is 0 Å². The lowest BCUT2D eigenvalue weighted by atomic mass is 10.1. The Morgan fingerprint density at radius 1 is 1.03 bits per heavy atom. The van der Waals surface area contributed by atoms with E-state index in [9.17, 15) is 28.2 Å². The Morgan fingerprint density at radius 2 is 1.72 bits per heavy atom. The summed E-state index contributed by atoms with van der Waals surface area (Å²) in [7, 11) is -2.53. The van der Waals surface area contributed by atoms with E-state index < -0.39 is 39.7 Å². The second kappa shape index (κ2) is 10.0. The molecule has 0 saturated carbocycles. The monoisotopic (exact) mass is 529 g/mol. The maximum Gasteiger partial charge on any atom is 0.340 e. The second-order valence-corrected chi connectivity index (χ2v) is 10.3. The Kier molecular flexibility index (Phi) is 7.02. The number of carbonyl (C=O) groups excluding carboxylic acids is 1. The van der Waals surface area contributed by atoms with Crippen molar-refractivity contribution in [1.29, 1.82) is 0 Å². The number of phenolic OH excluding ortho intramolecular Hbond substituents is 2. The van der Waals surface area contributed by atoms with Gasteiger partial charge in [0.05, 0.1) is 15.5 Å². The van der Waals surface area contributed by atoms with E-state index in [-0.39, 0.29) is 38.6 Å². The molecule has 11 heteroatoms. The van der Waals surface area contributed by atoms with E-state index in [2.05, 4.69) is 0 Å². The molecule has 186 valence electrons. The van der Waals surface area contributed by atoms with Gasteiger partial charge >= 0.3 is 11.6 Å². The number of hydrogen-bond acceptors (Lipinski definition) is 8. The quantitative estimate of drug-likeness (QED) is 0.208. The fourth-order valence-corrected chi connectivity index (χ4v) is 4.90. The largest absolute Gasteiger partial charge is 0.504 e. The van der Waals surface area contributed by atoms with Crippen LogP contribution in [0.1, 0.15) is 21.5 Å². The maximum absolute atomic E-state index is 13.1. The van der Waals surface area contributed by atoms with Crippen molar-refractivity contribution in [3.05, 3.63) is 98.9 Å². The van der Waals surface area contributed by atoms with Crippen molar-refractivity contribution in [2.45, 2.75) is 18.0 Å². The van der Waals surface area contributed by atoms with E-state index in [1.807, 2.05) is 6.07 Å². The summed E-state index contributed by atoms with van der Waals surface area (Å²) in [6.07, 6.45) is 0. The number of nitrogens with zero attached hydrogens (tertiary/aromatic N) is 1. The van der Waals surface area contributed by atoms with Gasteiger partial charge in [0, 0.05) is 36.7 Å². The summed E-state index contributed by atoms with van der Waals surface area (Å²) in [5, 5.41) is 19.7. The van der Waals surface area contributed by atoms with Crippen molar-refractivity contribution in [2.75, 3.05) is 7.05 Å². The third-order valence-corrected chi connectivity index (χ3v) is 7.53. The number of aromatic hydroxyl groups is 2. The molecule has 36 heavy (non-hydrogen) atoms. The van der Waals surface area contributed by atoms with Gasteiger partial charge in [-0.2, -0.15) is 4.31 Å². The van der Waals surface area contributed by atoms with Gasteiger partial charge in [0.2, 0.25) is 10.0 Å². The van der Waals surface area contributed by atoms with Gasteiger partial charge in [-0.25, -0.2) is 18.0 Å². The standard InChI is InChI=1S/C25H20ClNO8S/c1-27(13-15-5-3-2-4-6-15)36(32,33)17-7-8-20(26)19(10-17)25(31)34-14-16-9-24(30)35-23-12-22(29)21(28)11-18(16)23/h2-12,28-29H,13-14H2,1H3. The van der Waals surface area contributed by atoms with E-state index in [4.69, 9.17) is 20.8 Å². The Bertz CT molecular complexity index is 1620. The van der Waals surface area contributed by atoms with Crippen molar-refractivity contribution >= 4 is 38.6 Å². The normalized spacial score (nSPS) is 11.6. The number of fused-ring (bicyclic) bond motifs is 1. The zero-order valence-corrected chi connectivity index (χ0v) is 20.4. The first-order valence-electron chi connectivity index (χ1n) is 10.5. The molecule has 1 aromatic heterocycles. The van der Waals surface area contributed by atoms with Gasteiger partial charge in [0.1, 0.15) is 12.2 Å². The van der Waals surface area contributed by atoms with Crippen LogP contribution >= 0.6 is 11.6 Å². The van der Waals surface area contributed by atoms with E-state index >= 15 is 0 Å². The van der Waals surface area contributed by atoms with Crippen molar-refractivity contribution in [1.82, 2.24) is 4.31 Å². The van der Waals surface area contributed by atoms with Crippen LogP contribution in [0, 0.1) is 0 Å². The molecular weight excluding hydrogens is 510 g/mol. The lowest BCUT2D eigenvalue weighted by molar-refractivity contribution is 0.0473. The van der Waals surface area contributed by atoms with Crippen LogP contribution in [0.5, 0.6) is 11.5 Å². The minimum Gasteiger partial charge on any atom is -0.504 e. The molecule has 0 atom stereocenters. The molecule has 0 unspecified atom stereocenters. The van der Waals surface area contributed by atoms with Crippen LogP contribution in [0.15, 0.2) is 80.8 Å². The third kappa shape index (κ3) is 5.20. The molecule has 2 N–H and O–H groups in total. The SMILES string of the molecule is CN(Cc1ccccc1)S(=O)(=O)c1ccc(Cl)c(C(=O)OCc2cc(=O)oc3cc(O)c(O)cc23)c1. The van der Waals surface area contributed by atoms with Crippen LogP contribution in [0.25, 0.3) is 11.0 Å². The van der Waals surface area contributed by atoms with E-state index in [0.29, 0.717) is 0 Å². The van der Waals surface area contributed by atoms with Crippen molar-refractivity contribution in [3.63, 3.8) is 0 Å². The van der Waals surface area contributed by atoms with Crippen LogP contribution in [0.3, 0.4) is 0 Å². The average molecular weight is 530 g/mol. The number of esters is 1. The Labute approximate surface area is 210 Å². The molecule has 4 rings (SSSR count). The Balaban J connectivity index is 1.58. The number of ether oxygens (including phenoxy) is 1. The van der Waals surface area contributed by atoms with Gasteiger partial charge in [0.25, 0.3) is 0 Å². The predicted octanol–water partition coefficient (Wildman–Crippen LogP) is 4.04. The zero-order chi connectivity index (χ0) is 26.0. The minimum atomic E-state index is -3.96. The third-order valence-electron chi connectivity index (χ3n) is 5.40. The van der Waals surface area contributed by atoms with Crippen LogP contribution < -0.4 is 5.63 Å². The Hall–Kier alpha value is -3.86. The highest BCUT2D eigenvalue weighted by Crippen LogP contribution is 2.31. The summed E-state index contributed by atoms with van der Waals surface area (Å²) in [5.74, 6) is -1.86. The van der Waals surface area contributed by atoms with E-state index in [1.54, 1.807) is 24.3 Å².